The average molecular weight is 229 g/mol. The molecule has 17 heavy (non-hydrogen) atoms. The molecule has 0 aliphatic rings. The number of hydrazone groups is 1. The number of hydrogen-bond acceptors (Lipinski definition) is 4. The highest BCUT2D eigenvalue weighted by atomic mass is 16.3. The molecule has 86 valence electrons. The minimum absolute atomic E-state index is 0.285. The highest BCUT2D eigenvalue weighted by Gasteiger charge is 2.02. The van der Waals surface area contributed by atoms with Gasteiger partial charge in [-0.25, -0.2) is 5.43 Å². The van der Waals surface area contributed by atoms with Crippen molar-refractivity contribution in [1.82, 2.24) is 10.4 Å². The predicted octanol–water partition coefficient (Wildman–Crippen LogP) is 1.75. The molecular weight excluding hydrogens is 218 g/mol. The maximum atomic E-state index is 11.6. The minimum atomic E-state index is -0.285. The van der Waals surface area contributed by atoms with Crippen LogP contribution in [-0.4, -0.2) is 17.1 Å². The molecule has 2 rings (SSSR count). The van der Waals surface area contributed by atoms with Crippen molar-refractivity contribution in [3.05, 3.63) is 53.7 Å². The van der Waals surface area contributed by atoms with E-state index in [0.717, 1.165) is 5.76 Å². The molecule has 5 nitrogen and oxygen atoms in total. The van der Waals surface area contributed by atoms with Crippen LogP contribution in [0.4, 0.5) is 0 Å². The van der Waals surface area contributed by atoms with Gasteiger partial charge in [0, 0.05) is 18.0 Å². The van der Waals surface area contributed by atoms with E-state index in [1.165, 1.54) is 6.21 Å². The summed E-state index contributed by atoms with van der Waals surface area (Å²) in [6, 6.07) is 6.83. The summed E-state index contributed by atoms with van der Waals surface area (Å²) in [4.78, 5) is 15.4. The maximum absolute atomic E-state index is 11.6. The second-order valence-electron chi connectivity index (χ2n) is 3.38. The van der Waals surface area contributed by atoms with Gasteiger partial charge in [-0.3, -0.25) is 9.78 Å². The molecule has 0 spiro atoms. The Hall–Kier alpha value is -2.43. The molecule has 0 aromatic carbocycles. The summed E-state index contributed by atoms with van der Waals surface area (Å²) in [5.74, 6) is 1.11. The van der Waals surface area contributed by atoms with Crippen LogP contribution in [0, 0.1) is 6.92 Å². The summed E-state index contributed by atoms with van der Waals surface area (Å²) in [5.41, 5.74) is 2.91. The zero-order valence-electron chi connectivity index (χ0n) is 9.25. The molecule has 0 saturated heterocycles. The zero-order chi connectivity index (χ0) is 12.1. The lowest BCUT2D eigenvalue weighted by atomic mass is 10.3. The zero-order valence-corrected chi connectivity index (χ0v) is 9.25. The Morgan fingerprint density at radius 2 is 2.12 bits per heavy atom. The van der Waals surface area contributed by atoms with Crippen molar-refractivity contribution < 1.29 is 9.21 Å². The number of hydrogen-bond donors (Lipinski definition) is 1. The van der Waals surface area contributed by atoms with Gasteiger partial charge in [0.15, 0.2) is 0 Å². The molecule has 2 aromatic rings. The molecule has 1 amide bonds. The van der Waals surface area contributed by atoms with Crippen molar-refractivity contribution in [3.8, 4) is 0 Å². The van der Waals surface area contributed by atoms with E-state index >= 15 is 0 Å². The van der Waals surface area contributed by atoms with E-state index in [2.05, 4.69) is 15.5 Å². The van der Waals surface area contributed by atoms with Crippen molar-refractivity contribution in [1.29, 1.82) is 0 Å². The molecular formula is C12H11N3O2. The lowest BCUT2D eigenvalue weighted by Gasteiger charge is -1.97. The number of furan rings is 1. The highest BCUT2D eigenvalue weighted by molar-refractivity contribution is 5.94. The van der Waals surface area contributed by atoms with Gasteiger partial charge in [0.05, 0.1) is 6.21 Å². The first-order valence-electron chi connectivity index (χ1n) is 5.05. The number of amides is 1. The van der Waals surface area contributed by atoms with E-state index in [9.17, 15) is 4.79 Å². The van der Waals surface area contributed by atoms with E-state index in [-0.39, 0.29) is 5.91 Å². The third-order valence-electron chi connectivity index (χ3n) is 2.06. The van der Waals surface area contributed by atoms with Crippen LogP contribution in [0.15, 0.2) is 46.2 Å². The van der Waals surface area contributed by atoms with Crippen molar-refractivity contribution in [3.63, 3.8) is 0 Å². The van der Waals surface area contributed by atoms with E-state index in [4.69, 9.17) is 4.42 Å². The van der Waals surface area contributed by atoms with Crippen LogP contribution in [0.1, 0.15) is 21.9 Å². The molecule has 0 radical (unpaired) electrons. The van der Waals surface area contributed by atoms with Crippen LogP contribution >= 0.6 is 0 Å². The topological polar surface area (TPSA) is 67.5 Å². The van der Waals surface area contributed by atoms with Crippen LogP contribution in [-0.2, 0) is 0 Å². The van der Waals surface area contributed by atoms with Gasteiger partial charge in [0.1, 0.15) is 11.5 Å². The van der Waals surface area contributed by atoms with E-state index in [0.29, 0.717) is 11.3 Å². The number of nitrogens with zero attached hydrogens (tertiary/aromatic N) is 2. The van der Waals surface area contributed by atoms with Crippen LogP contribution in [0.25, 0.3) is 0 Å². The lowest BCUT2D eigenvalue weighted by molar-refractivity contribution is 0.0955. The van der Waals surface area contributed by atoms with Crippen molar-refractivity contribution in [2.75, 3.05) is 0 Å². The molecule has 0 aliphatic heterocycles. The number of rotatable bonds is 3. The second-order valence-corrected chi connectivity index (χ2v) is 3.38. The smallest absolute Gasteiger partial charge is 0.271 e. The first kappa shape index (κ1) is 11.1. The Balaban J connectivity index is 1.95. The van der Waals surface area contributed by atoms with Gasteiger partial charge in [-0.1, -0.05) is 0 Å². The summed E-state index contributed by atoms with van der Waals surface area (Å²) in [5, 5.41) is 3.79. The SMILES string of the molecule is Cc1ccc(C=NNC(=O)c2ccncc2)o1. The number of aryl methyl sites for hydroxylation is 1. The molecule has 0 aliphatic carbocycles. The number of nitrogens with one attached hydrogen (secondary N) is 1. The summed E-state index contributed by atoms with van der Waals surface area (Å²) < 4.78 is 5.26. The van der Waals surface area contributed by atoms with Gasteiger partial charge >= 0.3 is 0 Å². The van der Waals surface area contributed by atoms with Crippen LogP contribution < -0.4 is 5.43 Å². The Bertz CT molecular complexity index is 532. The molecule has 0 atom stereocenters. The first-order valence-corrected chi connectivity index (χ1v) is 5.05. The van der Waals surface area contributed by atoms with Gasteiger partial charge in [-0.2, -0.15) is 5.10 Å². The Labute approximate surface area is 98.2 Å². The molecule has 0 fully saturated rings. The second kappa shape index (κ2) is 5.07. The normalized spacial score (nSPS) is 10.6. The third-order valence-corrected chi connectivity index (χ3v) is 2.06. The third kappa shape index (κ3) is 3.01. The summed E-state index contributed by atoms with van der Waals surface area (Å²) in [7, 11) is 0. The summed E-state index contributed by atoms with van der Waals surface area (Å²) >= 11 is 0. The van der Waals surface area contributed by atoms with Crippen molar-refractivity contribution in [2.45, 2.75) is 6.92 Å². The van der Waals surface area contributed by atoms with Crippen molar-refractivity contribution >= 4 is 12.1 Å². The first-order chi connectivity index (χ1) is 8.25. The van der Waals surface area contributed by atoms with Gasteiger partial charge in [0.25, 0.3) is 5.91 Å². The molecule has 0 bridgehead atoms. The van der Waals surface area contributed by atoms with Crippen molar-refractivity contribution in [2.24, 2.45) is 5.10 Å². The van der Waals surface area contributed by atoms with E-state index in [1.54, 1.807) is 30.6 Å². The lowest BCUT2D eigenvalue weighted by Crippen LogP contribution is -2.17. The molecule has 2 heterocycles. The standard InChI is InChI=1S/C12H11N3O2/c1-9-2-3-11(17-9)8-14-15-12(16)10-4-6-13-7-5-10/h2-8H,1H3,(H,15,16). The van der Waals surface area contributed by atoms with E-state index in [1.807, 2.05) is 13.0 Å². The highest BCUT2D eigenvalue weighted by Crippen LogP contribution is 2.02. The Morgan fingerprint density at radius 3 is 2.76 bits per heavy atom. The maximum Gasteiger partial charge on any atom is 0.271 e. The predicted molar refractivity (Wildman–Crippen MR) is 62.7 cm³/mol. The van der Waals surface area contributed by atoms with Crippen LogP contribution in [0.3, 0.4) is 0 Å². The molecule has 0 saturated carbocycles. The van der Waals surface area contributed by atoms with Crippen LogP contribution in [0.2, 0.25) is 0 Å². The van der Waals surface area contributed by atoms with E-state index < -0.39 is 0 Å². The van der Waals surface area contributed by atoms with Gasteiger partial charge in [-0.15, -0.1) is 0 Å². The monoisotopic (exact) mass is 229 g/mol. The summed E-state index contributed by atoms with van der Waals surface area (Å²) in [6.07, 6.45) is 4.55. The Morgan fingerprint density at radius 1 is 1.35 bits per heavy atom. The van der Waals surface area contributed by atoms with Gasteiger partial charge in [0.2, 0.25) is 0 Å². The quantitative estimate of drug-likeness (QED) is 0.644. The fourth-order valence-electron chi connectivity index (χ4n) is 1.25. The number of pyridine rings is 1. The molecule has 2 aromatic heterocycles. The fourth-order valence-corrected chi connectivity index (χ4v) is 1.25. The number of carbonyl (C=O) groups excluding carboxylic acids is 1. The minimum Gasteiger partial charge on any atom is -0.460 e. The molecule has 0 unspecified atom stereocenters. The largest absolute Gasteiger partial charge is 0.460 e. The van der Waals surface area contributed by atoms with Crippen LogP contribution in [0.5, 0.6) is 0 Å². The molecule has 1 N–H and O–H groups in total. The number of carbonyl (C=O) groups is 1. The van der Waals surface area contributed by atoms with Gasteiger partial charge in [-0.05, 0) is 31.2 Å². The van der Waals surface area contributed by atoms with Gasteiger partial charge < -0.3 is 4.42 Å². The number of aromatic nitrogens is 1. The Kier molecular flexibility index (Phi) is 3.30. The molecule has 5 heteroatoms. The summed E-state index contributed by atoms with van der Waals surface area (Å²) in [6.45, 7) is 1.84. The average Bonchev–Trinajstić information content (AvgIpc) is 2.76. The fraction of sp³-hybridized carbons (Fsp3) is 0.0833.